The van der Waals surface area contributed by atoms with Crippen LogP contribution in [0.2, 0.25) is 5.02 Å². The zero-order chi connectivity index (χ0) is 14.1. The third-order valence-corrected chi connectivity index (χ3v) is 3.25. The molecule has 1 heterocycles. The number of nitrogens with one attached hydrogen (secondary N) is 2. The lowest BCUT2D eigenvalue weighted by Crippen LogP contribution is -1.99. The van der Waals surface area contributed by atoms with Crippen molar-refractivity contribution >= 4 is 46.2 Å². The maximum absolute atomic E-state index is 13.7. The fourth-order valence-corrected chi connectivity index (χ4v) is 2.29. The topological polar surface area (TPSA) is 40.7 Å². The molecular formula is C14H9ClFN3S. The average Bonchev–Trinajstić information content (AvgIpc) is 2.42. The number of nitrogens with zero attached hydrogens (tertiary/aromatic N) is 1. The Morgan fingerprint density at radius 1 is 1.20 bits per heavy atom. The SMILES string of the molecule is Fc1ccccc1Nc1nc(=S)[nH]c2ccc(Cl)cc12. The van der Waals surface area contributed by atoms with Gasteiger partial charge in [-0.1, -0.05) is 23.7 Å². The first kappa shape index (κ1) is 13.0. The Hall–Kier alpha value is -1.98. The number of rotatable bonds is 2. The second-order valence-electron chi connectivity index (χ2n) is 4.19. The summed E-state index contributed by atoms with van der Waals surface area (Å²) >= 11 is 11.1. The fraction of sp³-hybridized carbons (Fsp3) is 0. The van der Waals surface area contributed by atoms with Crippen LogP contribution in [0.4, 0.5) is 15.9 Å². The highest BCUT2D eigenvalue weighted by molar-refractivity contribution is 7.71. The molecule has 0 aliphatic rings. The summed E-state index contributed by atoms with van der Waals surface area (Å²) in [5, 5.41) is 4.27. The smallest absolute Gasteiger partial charge is 0.199 e. The zero-order valence-electron chi connectivity index (χ0n) is 10.2. The van der Waals surface area contributed by atoms with E-state index in [0.717, 1.165) is 10.9 Å². The molecule has 0 bridgehead atoms. The van der Waals surface area contributed by atoms with E-state index in [2.05, 4.69) is 15.3 Å². The van der Waals surface area contributed by atoms with E-state index in [-0.39, 0.29) is 5.82 Å². The van der Waals surface area contributed by atoms with Crippen molar-refractivity contribution in [2.45, 2.75) is 0 Å². The number of aromatic nitrogens is 2. The van der Waals surface area contributed by atoms with Gasteiger partial charge in [-0.05, 0) is 42.5 Å². The molecule has 0 aliphatic carbocycles. The van der Waals surface area contributed by atoms with E-state index >= 15 is 0 Å². The van der Waals surface area contributed by atoms with Crippen LogP contribution < -0.4 is 5.32 Å². The van der Waals surface area contributed by atoms with E-state index < -0.39 is 0 Å². The van der Waals surface area contributed by atoms with Crippen LogP contribution in [0.1, 0.15) is 0 Å². The summed E-state index contributed by atoms with van der Waals surface area (Å²) in [4.78, 5) is 7.17. The fourth-order valence-electron chi connectivity index (χ4n) is 1.91. The maximum Gasteiger partial charge on any atom is 0.199 e. The standard InChI is InChI=1S/C14H9ClFN3S/c15-8-5-6-11-9(7-8)13(19-14(20)18-11)17-12-4-2-1-3-10(12)16/h1-7H,(H2,17,18,19,20). The predicted molar refractivity (Wildman–Crippen MR) is 81.6 cm³/mol. The molecule has 3 aromatic rings. The van der Waals surface area contributed by atoms with Gasteiger partial charge in [0.05, 0.1) is 11.2 Å². The maximum atomic E-state index is 13.7. The number of halogens is 2. The second kappa shape index (κ2) is 5.19. The number of anilines is 2. The Kier molecular flexibility index (Phi) is 3.38. The lowest BCUT2D eigenvalue weighted by Gasteiger charge is -2.09. The highest BCUT2D eigenvalue weighted by Gasteiger charge is 2.07. The van der Waals surface area contributed by atoms with Crippen molar-refractivity contribution in [1.29, 1.82) is 0 Å². The van der Waals surface area contributed by atoms with E-state index in [1.165, 1.54) is 6.07 Å². The minimum atomic E-state index is -0.358. The highest BCUT2D eigenvalue weighted by atomic mass is 35.5. The van der Waals surface area contributed by atoms with E-state index in [1.54, 1.807) is 30.3 Å². The molecule has 20 heavy (non-hydrogen) atoms. The van der Waals surface area contributed by atoms with E-state index in [1.807, 2.05) is 6.07 Å². The van der Waals surface area contributed by atoms with Crippen molar-refractivity contribution in [3.05, 3.63) is 58.1 Å². The number of benzene rings is 2. The Bertz CT molecular complexity index is 847. The summed E-state index contributed by atoms with van der Waals surface area (Å²) in [5.41, 5.74) is 1.12. The molecule has 0 amide bonds. The van der Waals surface area contributed by atoms with E-state index in [0.29, 0.717) is 21.3 Å². The van der Waals surface area contributed by atoms with Gasteiger partial charge >= 0.3 is 0 Å². The molecule has 2 N–H and O–H groups in total. The summed E-state index contributed by atoms with van der Waals surface area (Å²) in [6.07, 6.45) is 0. The molecule has 2 aromatic carbocycles. The van der Waals surface area contributed by atoms with Gasteiger partial charge in [-0.3, -0.25) is 0 Å². The number of H-pyrrole nitrogens is 1. The van der Waals surface area contributed by atoms with Gasteiger partial charge in [-0.25, -0.2) is 9.37 Å². The van der Waals surface area contributed by atoms with Crippen LogP contribution in [-0.2, 0) is 0 Å². The van der Waals surface area contributed by atoms with Crippen LogP contribution in [0, 0.1) is 10.6 Å². The van der Waals surface area contributed by atoms with Crippen LogP contribution in [0.5, 0.6) is 0 Å². The molecule has 0 fully saturated rings. The third kappa shape index (κ3) is 2.50. The number of aromatic amines is 1. The van der Waals surface area contributed by atoms with Crippen LogP contribution in [0.3, 0.4) is 0 Å². The lowest BCUT2D eigenvalue weighted by atomic mass is 10.2. The summed E-state index contributed by atoms with van der Waals surface area (Å²) < 4.78 is 14.0. The lowest BCUT2D eigenvalue weighted by molar-refractivity contribution is 0.632. The molecular weight excluding hydrogens is 297 g/mol. The number of para-hydroxylation sites is 1. The van der Waals surface area contributed by atoms with Gasteiger partial charge in [-0.2, -0.15) is 0 Å². The Balaban J connectivity index is 2.18. The number of fused-ring (bicyclic) bond motifs is 1. The minimum Gasteiger partial charge on any atom is -0.337 e. The van der Waals surface area contributed by atoms with Gasteiger partial charge in [0.25, 0.3) is 0 Å². The predicted octanol–water partition coefficient (Wildman–Crippen LogP) is 4.83. The summed E-state index contributed by atoms with van der Waals surface area (Å²) in [6, 6.07) is 11.7. The van der Waals surface area contributed by atoms with Crippen LogP contribution in [0.15, 0.2) is 42.5 Å². The average molecular weight is 306 g/mol. The number of hydrogen-bond acceptors (Lipinski definition) is 3. The van der Waals surface area contributed by atoms with Gasteiger partial charge in [0.15, 0.2) is 4.77 Å². The number of hydrogen-bond donors (Lipinski definition) is 2. The molecule has 3 rings (SSSR count). The van der Waals surface area contributed by atoms with Crippen molar-refractivity contribution in [3.63, 3.8) is 0 Å². The molecule has 100 valence electrons. The van der Waals surface area contributed by atoms with Gasteiger partial charge < -0.3 is 10.3 Å². The van der Waals surface area contributed by atoms with Crippen molar-refractivity contribution in [2.75, 3.05) is 5.32 Å². The van der Waals surface area contributed by atoms with Crippen LogP contribution in [-0.4, -0.2) is 9.97 Å². The van der Waals surface area contributed by atoms with Crippen LogP contribution in [0.25, 0.3) is 10.9 Å². The molecule has 0 radical (unpaired) electrons. The Morgan fingerprint density at radius 2 is 2.00 bits per heavy atom. The summed E-state index contributed by atoms with van der Waals surface area (Å²) in [5.74, 6) is 0.111. The molecule has 0 atom stereocenters. The first-order valence-electron chi connectivity index (χ1n) is 5.84. The Morgan fingerprint density at radius 3 is 2.80 bits per heavy atom. The van der Waals surface area contributed by atoms with Crippen molar-refractivity contribution < 1.29 is 4.39 Å². The molecule has 0 spiro atoms. The molecule has 3 nitrogen and oxygen atoms in total. The molecule has 0 aliphatic heterocycles. The molecule has 0 saturated carbocycles. The first-order valence-corrected chi connectivity index (χ1v) is 6.63. The largest absolute Gasteiger partial charge is 0.337 e. The minimum absolute atomic E-state index is 0.318. The summed E-state index contributed by atoms with van der Waals surface area (Å²) in [6.45, 7) is 0. The van der Waals surface area contributed by atoms with Gasteiger partial charge in [0.2, 0.25) is 0 Å². The van der Waals surface area contributed by atoms with Crippen LogP contribution >= 0.6 is 23.8 Å². The first-order chi connectivity index (χ1) is 9.63. The molecule has 6 heteroatoms. The third-order valence-electron chi connectivity index (χ3n) is 2.82. The molecule has 1 aromatic heterocycles. The van der Waals surface area contributed by atoms with Crippen molar-refractivity contribution in [3.8, 4) is 0 Å². The van der Waals surface area contributed by atoms with E-state index in [4.69, 9.17) is 23.8 Å². The second-order valence-corrected chi connectivity index (χ2v) is 5.01. The van der Waals surface area contributed by atoms with Gasteiger partial charge in [-0.15, -0.1) is 0 Å². The van der Waals surface area contributed by atoms with Gasteiger partial charge in [0.1, 0.15) is 11.6 Å². The highest BCUT2D eigenvalue weighted by Crippen LogP contribution is 2.26. The molecule has 0 saturated heterocycles. The zero-order valence-corrected chi connectivity index (χ0v) is 11.7. The monoisotopic (exact) mass is 305 g/mol. The molecule has 0 unspecified atom stereocenters. The van der Waals surface area contributed by atoms with Gasteiger partial charge in [0, 0.05) is 10.4 Å². The Labute approximate surface area is 124 Å². The van der Waals surface area contributed by atoms with Crippen molar-refractivity contribution in [1.82, 2.24) is 9.97 Å². The normalized spacial score (nSPS) is 10.7. The van der Waals surface area contributed by atoms with E-state index in [9.17, 15) is 4.39 Å². The quantitative estimate of drug-likeness (QED) is 0.666. The van der Waals surface area contributed by atoms with Crippen molar-refractivity contribution in [2.24, 2.45) is 0 Å². The summed E-state index contributed by atoms with van der Waals surface area (Å²) in [7, 11) is 0.